The molecule has 2 aromatic rings. The summed E-state index contributed by atoms with van der Waals surface area (Å²) >= 11 is 5.76. The van der Waals surface area contributed by atoms with Crippen LogP contribution in [-0.4, -0.2) is 27.8 Å². The maximum Gasteiger partial charge on any atom is 0.213 e. The number of hydrogen-bond acceptors (Lipinski definition) is 6. The fourth-order valence-corrected chi connectivity index (χ4v) is 1.53. The van der Waals surface area contributed by atoms with Crippen molar-refractivity contribution in [2.75, 3.05) is 12.8 Å². The molecule has 0 aliphatic carbocycles. The molecule has 0 radical (unpaired) electrons. The van der Waals surface area contributed by atoms with Crippen LogP contribution >= 0.6 is 11.6 Å². The Morgan fingerprint density at radius 2 is 2.11 bits per heavy atom. The SMILES string of the molecule is COc1cc(C(=N)c2cc(Cl)ncn2)c(N)cn1. The molecule has 0 aliphatic heterocycles. The normalized spacial score (nSPS) is 10.1. The number of nitrogens with one attached hydrogen (secondary N) is 1. The third kappa shape index (κ3) is 2.38. The van der Waals surface area contributed by atoms with E-state index in [0.717, 1.165) is 0 Å². The van der Waals surface area contributed by atoms with Gasteiger partial charge in [-0.2, -0.15) is 0 Å². The lowest BCUT2D eigenvalue weighted by atomic mass is 10.1. The van der Waals surface area contributed by atoms with Gasteiger partial charge in [0.15, 0.2) is 0 Å². The fourth-order valence-electron chi connectivity index (χ4n) is 1.38. The third-order valence-electron chi connectivity index (χ3n) is 2.28. The van der Waals surface area contributed by atoms with E-state index < -0.39 is 0 Å². The van der Waals surface area contributed by atoms with E-state index in [2.05, 4.69) is 15.0 Å². The number of ether oxygens (including phenoxy) is 1. The van der Waals surface area contributed by atoms with E-state index in [1.807, 2.05) is 0 Å². The molecule has 7 heteroatoms. The zero-order valence-electron chi connectivity index (χ0n) is 9.51. The third-order valence-corrected chi connectivity index (χ3v) is 2.48. The number of aromatic nitrogens is 3. The van der Waals surface area contributed by atoms with Crippen LogP contribution < -0.4 is 10.5 Å². The van der Waals surface area contributed by atoms with Crippen LogP contribution in [-0.2, 0) is 0 Å². The zero-order valence-corrected chi connectivity index (χ0v) is 10.3. The minimum absolute atomic E-state index is 0.137. The van der Waals surface area contributed by atoms with Gasteiger partial charge in [0.25, 0.3) is 0 Å². The molecule has 0 bridgehead atoms. The van der Waals surface area contributed by atoms with Crippen LogP contribution in [0, 0.1) is 5.41 Å². The number of nitrogen functional groups attached to an aromatic ring is 1. The van der Waals surface area contributed by atoms with Crippen LogP contribution in [0.2, 0.25) is 5.15 Å². The van der Waals surface area contributed by atoms with Crippen molar-refractivity contribution in [2.45, 2.75) is 0 Å². The van der Waals surface area contributed by atoms with Gasteiger partial charge in [-0.05, 0) is 0 Å². The Hall–Kier alpha value is -2.21. The molecule has 0 saturated heterocycles. The van der Waals surface area contributed by atoms with Gasteiger partial charge in [-0.1, -0.05) is 11.6 Å². The number of anilines is 1. The van der Waals surface area contributed by atoms with Gasteiger partial charge in [-0.3, -0.25) is 5.41 Å². The Labute approximate surface area is 108 Å². The number of rotatable bonds is 3. The van der Waals surface area contributed by atoms with Crippen molar-refractivity contribution in [1.82, 2.24) is 15.0 Å². The van der Waals surface area contributed by atoms with E-state index in [0.29, 0.717) is 22.8 Å². The topological polar surface area (TPSA) is 97.8 Å². The molecule has 0 fully saturated rings. The summed E-state index contributed by atoms with van der Waals surface area (Å²) in [6.07, 6.45) is 2.73. The molecule has 3 N–H and O–H groups in total. The van der Waals surface area contributed by atoms with Crippen molar-refractivity contribution < 1.29 is 4.74 Å². The molecule has 0 aromatic carbocycles. The Balaban J connectivity index is 2.45. The number of pyridine rings is 1. The molecule has 2 rings (SSSR count). The van der Waals surface area contributed by atoms with E-state index in [9.17, 15) is 0 Å². The number of halogens is 1. The number of nitrogens with zero attached hydrogens (tertiary/aromatic N) is 3. The van der Waals surface area contributed by atoms with Gasteiger partial charge < -0.3 is 10.5 Å². The van der Waals surface area contributed by atoms with Crippen LogP contribution in [0.25, 0.3) is 0 Å². The van der Waals surface area contributed by atoms with Gasteiger partial charge in [0, 0.05) is 17.7 Å². The van der Waals surface area contributed by atoms with Gasteiger partial charge in [0.1, 0.15) is 11.5 Å². The van der Waals surface area contributed by atoms with Gasteiger partial charge >= 0.3 is 0 Å². The average Bonchev–Trinajstić information content (AvgIpc) is 2.38. The summed E-state index contributed by atoms with van der Waals surface area (Å²) in [5.74, 6) is 0.379. The molecule has 0 saturated carbocycles. The summed E-state index contributed by atoms with van der Waals surface area (Å²) in [6, 6.07) is 3.07. The predicted molar refractivity (Wildman–Crippen MR) is 68.2 cm³/mol. The second-order valence-corrected chi connectivity index (χ2v) is 3.80. The lowest BCUT2D eigenvalue weighted by Gasteiger charge is -2.08. The smallest absolute Gasteiger partial charge is 0.213 e. The highest BCUT2D eigenvalue weighted by Gasteiger charge is 2.12. The van der Waals surface area contributed by atoms with Crippen molar-refractivity contribution in [2.24, 2.45) is 0 Å². The molecule has 6 nitrogen and oxygen atoms in total. The Bertz CT molecular complexity index is 602. The first kappa shape index (κ1) is 12.3. The van der Waals surface area contributed by atoms with Crippen LogP contribution in [0.15, 0.2) is 24.7 Å². The zero-order chi connectivity index (χ0) is 13.1. The first-order chi connectivity index (χ1) is 8.61. The Morgan fingerprint density at radius 1 is 1.33 bits per heavy atom. The van der Waals surface area contributed by atoms with Crippen molar-refractivity contribution in [3.8, 4) is 5.88 Å². The van der Waals surface area contributed by atoms with Gasteiger partial charge in [0.05, 0.1) is 30.4 Å². The molecule has 0 spiro atoms. The van der Waals surface area contributed by atoms with Gasteiger partial charge in [0.2, 0.25) is 5.88 Å². The van der Waals surface area contributed by atoms with E-state index in [-0.39, 0.29) is 10.9 Å². The monoisotopic (exact) mass is 263 g/mol. The maximum atomic E-state index is 8.07. The second kappa shape index (κ2) is 4.97. The summed E-state index contributed by atoms with van der Waals surface area (Å²) in [7, 11) is 1.49. The molecule has 92 valence electrons. The van der Waals surface area contributed by atoms with Crippen molar-refractivity contribution in [3.63, 3.8) is 0 Å². The Kier molecular flexibility index (Phi) is 3.38. The summed E-state index contributed by atoms with van der Waals surface area (Å²) in [4.78, 5) is 11.7. The number of methoxy groups -OCH3 is 1. The highest BCUT2D eigenvalue weighted by molar-refractivity contribution is 6.30. The van der Waals surface area contributed by atoms with Gasteiger partial charge in [-0.25, -0.2) is 15.0 Å². The standard InChI is InChI=1S/C11H10ClN5O/c1-18-10-2-6(7(13)4-15-10)11(14)8-3-9(12)17-5-16-8/h2-5,14H,13H2,1H3. The lowest BCUT2D eigenvalue weighted by molar-refractivity contribution is 0.398. The van der Waals surface area contributed by atoms with Crippen LogP contribution in [0.4, 0.5) is 5.69 Å². The molecule has 0 unspecified atom stereocenters. The van der Waals surface area contributed by atoms with Crippen LogP contribution in [0.1, 0.15) is 11.3 Å². The van der Waals surface area contributed by atoms with Gasteiger partial charge in [-0.15, -0.1) is 0 Å². The quantitative estimate of drug-likeness (QED) is 0.646. The minimum atomic E-state index is 0.137. The summed E-state index contributed by atoms with van der Waals surface area (Å²) in [5, 5.41) is 8.34. The lowest BCUT2D eigenvalue weighted by Crippen LogP contribution is -2.08. The minimum Gasteiger partial charge on any atom is -0.481 e. The molecule has 0 atom stereocenters. The first-order valence-corrected chi connectivity index (χ1v) is 5.36. The molecule has 2 aromatic heterocycles. The summed E-state index contributed by atoms with van der Waals surface area (Å²) < 4.78 is 5.00. The molecule has 18 heavy (non-hydrogen) atoms. The van der Waals surface area contributed by atoms with E-state index >= 15 is 0 Å². The average molecular weight is 264 g/mol. The highest BCUT2D eigenvalue weighted by atomic mass is 35.5. The highest BCUT2D eigenvalue weighted by Crippen LogP contribution is 2.19. The van der Waals surface area contributed by atoms with Crippen LogP contribution in [0.3, 0.4) is 0 Å². The summed E-state index contributed by atoms with van der Waals surface area (Å²) in [5.41, 5.74) is 7.16. The summed E-state index contributed by atoms with van der Waals surface area (Å²) in [6.45, 7) is 0. The maximum absolute atomic E-state index is 8.07. The number of hydrogen-bond donors (Lipinski definition) is 2. The van der Waals surface area contributed by atoms with Crippen molar-refractivity contribution in [3.05, 3.63) is 41.1 Å². The van der Waals surface area contributed by atoms with Crippen LogP contribution in [0.5, 0.6) is 5.88 Å². The second-order valence-electron chi connectivity index (χ2n) is 3.41. The number of nitrogens with two attached hydrogens (primary N) is 1. The van der Waals surface area contributed by atoms with E-state index in [1.54, 1.807) is 6.07 Å². The molecule has 2 heterocycles. The van der Waals surface area contributed by atoms with Crippen molar-refractivity contribution in [1.29, 1.82) is 5.41 Å². The molecular weight excluding hydrogens is 254 g/mol. The fraction of sp³-hybridized carbons (Fsp3) is 0.0909. The predicted octanol–water partition coefficient (Wildman–Crippen LogP) is 1.53. The van der Waals surface area contributed by atoms with Crippen molar-refractivity contribution >= 4 is 23.0 Å². The molecule has 0 amide bonds. The van der Waals surface area contributed by atoms with E-state index in [1.165, 1.54) is 25.7 Å². The molecular formula is C11H10ClN5O. The largest absolute Gasteiger partial charge is 0.481 e. The Morgan fingerprint density at radius 3 is 2.78 bits per heavy atom. The molecule has 0 aliphatic rings. The first-order valence-electron chi connectivity index (χ1n) is 4.98. The van der Waals surface area contributed by atoms with E-state index in [4.69, 9.17) is 27.5 Å².